The van der Waals surface area contributed by atoms with Gasteiger partial charge < -0.3 is 24.7 Å². The van der Waals surface area contributed by atoms with E-state index in [9.17, 15) is 4.79 Å². The van der Waals surface area contributed by atoms with Gasteiger partial charge in [0.15, 0.2) is 11.5 Å². The van der Waals surface area contributed by atoms with Crippen molar-refractivity contribution in [3.63, 3.8) is 0 Å². The molecule has 0 saturated heterocycles. The summed E-state index contributed by atoms with van der Waals surface area (Å²) in [6.45, 7) is 3.44. The van der Waals surface area contributed by atoms with Crippen molar-refractivity contribution in [3.8, 4) is 11.5 Å². The van der Waals surface area contributed by atoms with Crippen LogP contribution in [0.5, 0.6) is 11.5 Å². The second-order valence-electron chi connectivity index (χ2n) is 5.94. The highest BCUT2D eigenvalue weighted by Crippen LogP contribution is 2.30. The van der Waals surface area contributed by atoms with Crippen molar-refractivity contribution in [3.05, 3.63) is 42.0 Å². The van der Waals surface area contributed by atoms with E-state index in [4.69, 9.17) is 9.47 Å². The van der Waals surface area contributed by atoms with E-state index in [2.05, 4.69) is 15.6 Å². The normalized spacial score (nSPS) is 18.5. The molecular weight excluding hydrogens is 344 g/mol. The molecule has 0 bridgehead atoms. The van der Waals surface area contributed by atoms with Gasteiger partial charge in [-0.2, -0.15) is 0 Å². The first-order valence-electron chi connectivity index (χ1n) is 8.23. The van der Waals surface area contributed by atoms with E-state index in [0.717, 1.165) is 37.6 Å². The van der Waals surface area contributed by atoms with Crippen LogP contribution in [-0.4, -0.2) is 47.8 Å². The van der Waals surface area contributed by atoms with Gasteiger partial charge in [0.05, 0.1) is 6.54 Å². The van der Waals surface area contributed by atoms with E-state index >= 15 is 0 Å². The molecule has 1 amide bonds. The summed E-state index contributed by atoms with van der Waals surface area (Å²) >= 11 is 0. The molecule has 1 aromatic heterocycles. The predicted molar refractivity (Wildman–Crippen MR) is 94.7 cm³/mol. The average Bonchev–Trinajstić information content (AvgIpc) is 2.90. The third-order valence-electron chi connectivity index (χ3n) is 4.20. The van der Waals surface area contributed by atoms with Crippen LogP contribution in [0.1, 0.15) is 16.3 Å². The third-order valence-corrected chi connectivity index (χ3v) is 4.20. The first-order chi connectivity index (χ1) is 11.8. The quantitative estimate of drug-likeness (QED) is 0.850. The van der Waals surface area contributed by atoms with Gasteiger partial charge in [-0.3, -0.25) is 4.79 Å². The Bertz CT molecular complexity index is 726. The number of rotatable bonds is 3. The van der Waals surface area contributed by atoms with Crippen LogP contribution >= 0.6 is 12.4 Å². The van der Waals surface area contributed by atoms with Gasteiger partial charge in [0.1, 0.15) is 24.2 Å². The van der Waals surface area contributed by atoms with Gasteiger partial charge in [0, 0.05) is 32.3 Å². The van der Waals surface area contributed by atoms with Crippen molar-refractivity contribution < 1.29 is 14.3 Å². The molecule has 25 heavy (non-hydrogen) atoms. The number of amides is 1. The number of nitrogens with one attached hydrogen (secondary N) is 2. The van der Waals surface area contributed by atoms with Gasteiger partial charge in [-0.15, -0.1) is 12.4 Å². The van der Waals surface area contributed by atoms with Crippen molar-refractivity contribution in [1.82, 2.24) is 20.2 Å². The van der Waals surface area contributed by atoms with Crippen molar-refractivity contribution in [2.24, 2.45) is 0 Å². The number of imidazole rings is 1. The highest BCUT2D eigenvalue weighted by Gasteiger charge is 2.22. The smallest absolute Gasteiger partial charge is 0.271 e. The minimum Gasteiger partial charge on any atom is -0.486 e. The number of halogens is 1. The van der Waals surface area contributed by atoms with Crippen LogP contribution in [0.3, 0.4) is 0 Å². The number of hydrogen-bond acceptors (Lipinski definition) is 5. The molecule has 134 valence electrons. The predicted octanol–water partition coefficient (Wildman–Crippen LogP) is 1.02. The number of hydrogen-bond donors (Lipinski definition) is 2. The van der Waals surface area contributed by atoms with Gasteiger partial charge in [-0.05, 0) is 12.1 Å². The van der Waals surface area contributed by atoms with Gasteiger partial charge in [-0.25, -0.2) is 4.98 Å². The molecule has 0 fully saturated rings. The minimum absolute atomic E-state index is 0. The molecule has 1 atom stereocenters. The molecule has 2 aliphatic heterocycles. The van der Waals surface area contributed by atoms with Gasteiger partial charge in [0.25, 0.3) is 5.91 Å². The van der Waals surface area contributed by atoms with E-state index in [1.807, 2.05) is 35.0 Å². The van der Waals surface area contributed by atoms with Crippen LogP contribution < -0.4 is 20.1 Å². The zero-order chi connectivity index (χ0) is 16.4. The third kappa shape index (κ3) is 3.88. The second-order valence-corrected chi connectivity index (χ2v) is 5.94. The Hall–Kier alpha value is -2.25. The summed E-state index contributed by atoms with van der Waals surface area (Å²) in [5.74, 6) is 2.23. The number of benzene rings is 1. The van der Waals surface area contributed by atoms with Crippen LogP contribution in [0, 0.1) is 0 Å². The molecule has 8 heteroatoms. The SMILES string of the molecule is Cl.O=C(NCC1COc2ccccc2O1)c1cn2c(n1)CCNCC2. The van der Waals surface area contributed by atoms with E-state index in [1.165, 1.54) is 0 Å². The number of aromatic nitrogens is 2. The Balaban J connectivity index is 0.00000182. The van der Waals surface area contributed by atoms with E-state index in [1.54, 1.807) is 0 Å². The van der Waals surface area contributed by atoms with Gasteiger partial charge >= 0.3 is 0 Å². The average molecular weight is 365 g/mol. The summed E-state index contributed by atoms with van der Waals surface area (Å²) in [7, 11) is 0. The molecule has 2 N–H and O–H groups in total. The summed E-state index contributed by atoms with van der Waals surface area (Å²) in [5.41, 5.74) is 0.462. The molecule has 2 aliphatic rings. The fourth-order valence-electron chi connectivity index (χ4n) is 2.94. The second kappa shape index (κ2) is 7.76. The minimum atomic E-state index is -0.200. The summed E-state index contributed by atoms with van der Waals surface area (Å²) in [6.07, 6.45) is 2.46. The van der Waals surface area contributed by atoms with Crippen LogP contribution in [0.4, 0.5) is 0 Å². The van der Waals surface area contributed by atoms with Gasteiger partial charge in [-0.1, -0.05) is 12.1 Å². The Morgan fingerprint density at radius 1 is 1.32 bits per heavy atom. The topological polar surface area (TPSA) is 77.4 Å². The molecule has 3 heterocycles. The number of ether oxygens (including phenoxy) is 2. The maximum absolute atomic E-state index is 12.3. The standard InChI is InChI=1S/C17H20N4O3.ClH/c22-17(13-10-21-8-7-18-6-5-16(21)20-13)19-9-12-11-23-14-3-1-2-4-15(14)24-12;/h1-4,10,12,18H,5-9,11H2,(H,19,22);1H. The summed E-state index contributed by atoms with van der Waals surface area (Å²) in [6, 6.07) is 7.54. The Morgan fingerprint density at radius 2 is 2.16 bits per heavy atom. The largest absolute Gasteiger partial charge is 0.486 e. The van der Waals surface area contributed by atoms with Crippen LogP contribution in [0.25, 0.3) is 0 Å². The van der Waals surface area contributed by atoms with Crippen molar-refractivity contribution in [2.45, 2.75) is 19.1 Å². The summed E-state index contributed by atoms with van der Waals surface area (Å²) in [5, 5.41) is 6.20. The molecule has 1 unspecified atom stereocenters. The number of carbonyl (C=O) groups excluding carboxylic acids is 1. The van der Waals surface area contributed by atoms with E-state index in [-0.39, 0.29) is 24.4 Å². The van der Waals surface area contributed by atoms with Crippen LogP contribution in [0.15, 0.2) is 30.5 Å². The zero-order valence-electron chi connectivity index (χ0n) is 13.7. The molecule has 1 aromatic carbocycles. The fraction of sp³-hybridized carbons (Fsp3) is 0.412. The van der Waals surface area contributed by atoms with Crippen LogP contribution in [0.2, 0.25) is 0 Å². The van der Waals surface area contributed by atoms with Crippen molar-refractivity contribution >= 4 is 18.3 Å². The number of fused-ring (bicyclic) bond motifs is 2. The van der Waals surface area contributed by atoms with E-state index < -0.39 is 0 Å². The molecule has 2 aromatic rings. The maximum Gasteiger partial charge on any atom is 0.271 e. The Kier molecular flexibility index (Phi) is 5.45. The maximum atomic E-state index is 12.3. The zero-order valence-corrected chi connectivity index (χ0v) is 14.6. The molecule has 4 rings (SSSR count). The number of para-hydroxylation sites is 2. The monoisotopic (exact) mass is 364 g/mol. The lowest BCUT2D eigenvalue weighted by Gasteiger charge is -2.26. The van der Waals surface area contributed by atoms with Crippen molar-refractivity contribution in [2.75, 3.05) is 26.2 Å². The number of nitrogens with zero attached hydrogens (tertiary/aromatic N) is 2. The first-order valence-corrected chi connectivity index (χ1v) is 8.23. The summed E-state index contributed by atoms with van der Waals surface area (Å²) in [4.78, 5) is 16.8. The number of carbonyl (C=O) groups is 1. The molecule has 0 saturated carbocycles. The lowest BCUT2D eigenvalue weighted by Crippen LogP contribution is -2.40. The molecule has 0 aliphatic carbocycles. The highest BCUT2D eigenvalue weighted by molar-refractivity contribution is 5.92. The summed E-state index contributed by atoms with van der Waals surface area (Å²) < 4.78 is 13.5. The van der Waals surface area contributed by atoms with Crippen molar-refractivity contribution in [1.29, 1.82) is 0 Å². The first kappa shape index (κ1) is 17.6. The highest BCUT2D eigenvalue weighted by atomic mass is 35.5. The Labute approximate surface area is 152 Å². The molecule has 0 spiro atoms. The van der Waals surface area contributed by atoms with E-state index in [0.29, 0.717) is 24.6 Å². The lowest BCUT2D eigenvalue weighted by atomic mass is 10.2. The lowest BCUT2D eigenvalue weighted by molar-refractivity contribution is 0.0786. The fourth-order valence-corrected chi connectivity index (χ4v) is 2.94. The Morgan fingerprint density at radius 3 is 3.04 bits per heavy atom. The molecule has 0 radical (unpaired) electrons. The van der Waals surface area contributed by atoms with Crippen LogP contribution in [-0.2, 0) is 13.0 Å². The van der Waals surface area contributed by atoms with Gasteiger partial charge in [0.2, 0.25) is 0 Å². The molecular formula is C17H21ClN4O3. The molecule has 7 nitrogen and oxygen atoms in total.